The van der Waals surface area contributed by atoms with Crippen molar-refractivity contribution < 1.29 is 87.3 Å². The monoisotopic (exact) mass is 1830 g/mol. The lowest BCUT2D eigenvalue weighted by atomic mass is 10.1. The molecule has 0 aliphatic carbocycles. The highest BCUT2D eigenvalue weighted by Gasteiger charge is 2.33. The average molecular weight is 1840 g/mol. The summed E-state index contributed by atoms with van der Waals surface area (Å²) in [7, 11) is -12.3. The second kappa shape index (κ2) is 44.0. The van der Waals surface area contributed by atoms with E-state index in [4.69, 9.17) is 34.8 Å². The van der Waals surface area contributed by atoms with Crippen LogP contribution in [0.3, 0.4) is 0 Å². The lowest BCUT2D eigenvalue weighted by Crippen LogP contribution is -2.52. The first-order valence-electron chi connectivity index (χ1n) is 35.4. The van der Waals surface area contributed by atoms with Gasteiger partial charge in [-0.15, -0.1) is 57.2 Å². The number of aliphatic carboxylic acids is 3. The number of aryl methyl sites for hydroxylation is 2. The number of nitrogens with one attached hydrogen (secondary N) is 3. The van der Waals surface area contributed by atoms with Crippen LogP contribution in [0.25, 0.3) is 32.6 Å². The molecule has 1 amide bonds. The maximum atomic E-state index is 13.3. The summed E-state index contributed by atoms with van der Waals surface area (Å²) in [4.78, 5) is 68.1. The molecule has 3 aliphatic heterocycles. The molecule has 7 aromatic carbocycles. The van der Waals surface area contributed by atoms with Gasteiger partial charge in [-0.1, -0.05) is 110 Å². The smallest absolute Gasteiger partial charge is 0.267 e. The number of hydrogen-bond acceptors (Lipinski definition) is 32. The average Bonchev–Trinajstić information content (AvgIpc) is 1.62. The highest BCUT2D eigenvalue weighted by molar-refractivity contribution is 8.04. The number of carbonyl (C=O) groups excluding carboxylic acids is 5. The van der Waals surface area contributed by atoms with Gasteiger partial charge in [0.1, 0.15) is 31.7 Å². The molecule has 5 heterocycles. The van der Waals surface area contributed by atoms with Gasteiger partial charge in [0, 0.05) is 97.7 Å². The van der Waals surface area contributed by atoms with Gasteiger partial charge in [0.05, 0.1) is 92.5 Å². The summed E-state index contributed by atoms with van der Waals surface area (Å²) < 4.78 is 109. The summed E-state index contributed by atoms with van der Waals surface area (Å²) in [5, 5.41) is 53.4. The number of nitrogens with zero attached hydrogens (tertiary/aromatic N) is 10. The van der Waals surface area contributed by atoms with E-state index in [1.165, 1.54) is 87.5 Å². The number of benzene rings is 7. The van der Waals surface area contributed by atoms with Crippen LogP contribution in [0, 0.1) is 13.8 Å². The van der Waals surface area contributed by atoms with E-state index >= 15 is 0 Å². The van der Waals surface area contributed by atoms with Crippen molar-refractivity contribution in [2.75, 3.05) is 86.2 Å². The van der Waals surface area contributed by atoms with Crippen LogP contribution in [0.4, 0.5) is 39.8 Å². The summed E-state index contributed by atoms with van der Waals surface area (Å²) >= 11 is 28.2. The second-order valence-electron chi connectivity index (χ2n) is 25.6. The number of anilines is 7. The minimum Gasteiger partial charge on any atom is -0.748 e. The molecule has 634 valence electrons. The van der Waals surface area contributed by atoms with Gasteiger partial charge in [0.2, 0.25) is 35.0 Å². The Hall–Kier alpha value is -9.78. The Balaban J connectivity index is 0.000000245. The Morgan fingerprint density at radius 1 is 0.655 bits per heavy atom. The molecular formula is C78H82Cl3N13O17S8-4. The zero-order valence-corrected chi connectivity index (χ0v) is 73.5. The summed E-state index contributed by atoms with van der Waals surface area (Å²) in [5.41, 5.74) is 10.9. The number of amides is 1. The zero-order valence-electron chi connectivity index (χ0n) is 64.6. The predicted molar refractivity (Wildman–Crippen MR) is 467 cm³/mol. The molecule has 12 rings (SSSR count). The minimum atomic E-state index is -4.77. The van der Waals surface area contributed by atoms with E-state index in [-0.39, 0.29) is 43.2 Å². The fourth-order valence-corrected chi connectivity index (χ4v) is 19.1. The highest BCUT2D eigenvalue weighted by Crippen LogP contribution is 2.50. The molecule has 30 nitrogen and oxygen atoms in total. The number of para-hydroxylation sites is 1. The molecule has 0 bridgehead atoms. The first kappa shape index (κ1) is 96.4. The largest absolute Gasteiger partial charge is 0.748 e. The van der Waals surface area contributed by atoms with Crippen LogP contribution in [-0.2, 0) is 62.1 Å². The van der Waals surface area contributed by atoms with Crippen molar-refractivity contribution in [2.24, 2.45) is 10.3 Å². The fraction of sp³-hybridized carbons (Fsp3) is 0.244. The van der Waals surface area contributed by atoms with E-state index in [9.17, 15) is 78.2 Å². The van der Waals surface area contributed by atoms with Gasteiger partial charge < -0.3 is 73.2 Å². The number of thioether (sulfide) groups is 2. The third kappa shape index (κ3) is 26.9. The molecule has 0 radical (unpaired) electrons. The number of halogens is 3. The molecule has 9 aromatic rings. The van der Waals surface area contributed by atoms with Crippen LogP contribution in [-0.4, -0.2) is 138 Å². The van der Waals surface area contributed by atoms with Gasteiger partial charge in [-0.05, 0) is 155 Å². The Morgan fingerprint density at radius 3 is 1.74 bits per heavy atom. The molecule has 119 heavy (non-hydrogen) atoms. The van der Waals surface area contributed by atoms with E-state index in [1.54, 1.807) is 71.7 Å². The van der Waals surface area contributed by atoms with E-state index in [0.717, 1.165) is 88.5 Å². The SMILES string of the molecule is C=C.C=C.C=C.CC(C(=O)[O-])N(C)c1ccc2sc(C=C3Sc4ccc(Cl)cc4N3CS(=O)(=O)[O-])[n+](CS(=O)(=O)[O-])c2c1.CC(C(=O)[O-])N(CC(=O)NC[n+]1c(/C=C2\Sc3ccc(Cl)cc3N2CCCS(=O)(=O)[O-])sc2ccc(Cl)cc21)c1ccc(C=O)cc1.Cc1cccc(C)c1N(CCCNc1cccc(N2NN=NC2S)c1)CC(=O)[O-]. The predicted octanol–water partition coefficient (Wildman–Crippen LogP) is 9.88. The molecule has 0 fully saturated rings. The molecule has 3 aliphatic rings. The molecule has 0 saturated heterocycles. The Kier molecular flexibility index (Phi) is 35.6. The molecule has 2 aromatic heterocycles. The van der Waals surface area contributed by atoms with Crippen LogP contribution in [0.2, 0.25) is 15.1 Å². The van der Waals surface area contributed by atoms with Crippen LogP contribution in [0.15, 0.2) is 209 Å². The number of carboxylic acid groups (broad SMARTS) is 3. The van der Waals surface area contributed by atoms with Crippen LogP contribution in [0.5, 0.6) is 0 Å². The first-order chi connectivity index (χ1) is 56.4. The van der Waals surface area contributed by atoms with Crippen molar-refractivity contribution in [2.45, 2.75) is 80.5 Å². The molecular weight excluding hydrogens is 1750 g/mol. The number of hydrazine groups is 1. The number of thiol groups is 1. The first-order valence-corrected chi connectivity index (χ1v) is 45.1. The lowest BCUT2D eigenvalue weighted by molar-refractivity contribution is -0.672. The van der Waals surface area contributed by atoms with Crippen molar-refractivity contribution in [3.63, 3.8) is 0 Å². The van der Waals surface area contributed by atoms with Crippen LogP contribution in [0.1, 0.15) is 58.2 Å². The Bertz CT molecular complexity index is 5610. The number of aldehydes is 1. The van der Waals surface area contributed by atoms with E-state index in [0.29, 0.717) is 77.2 Å². The van der Waals surface area contributed by atoms with E-state index in [2.05, 4.69) is 78.6 Å². The molecule has 3 atom stereocenters. The van der Waals surface area contributed by atoms with Gasteiger partial charge in [-0.25, -0.2) is 30.3 Å². The minimum absolute atomic E-state index is 0.00772. The van der Waals surface area contributed by atoms with Crippen LogP contribution >= 0.6 is 93.6 Å². The topological polar surface area (TPSA) is 414 Å². The molecule has 0 spiro atoms. The van der Waals surface area contributed by atoms with Crippen LogP contribution < -0.4 is 70.1 Å². The number of aromatic nitrogens is 2. The molecule has 0 saturated carbocycles. The normalized spacial score (nSPS) is 14.4. The number of fused-ring (bicyclic) bond motifs is 4. The maximum absolute atomic E-state index is 13.3. The second-order valence-corrected chi connectivity index (χ2v) is 35.8. The third-order valence-electron chi connectivity index (χ3n) is 17.6. The van der Waals surface area contributed by atoms with Gasteiger partial charge in [-0.2, -0.15) is 14.7 Å². The fourth-order valence-electron chi connectivity index (χ4n) is 12.0. The van der Waals surface area contributed by atoms with Crippen molar-refractivity contribution in [3.05, 3.63) is 231 Å². The number of thiazole rings is 2. The number of carbonyl (C=O) groups is 5. The molecule has 41 heteroatoms. The van der Waals surface area contributed by atoms with E-state index < -0.39 is 83.8 Å². The number of likely N-dealkylation sites (N-methyl/N-ethyl adjacent to an activating group) is 1. The van der Waals surface area contributed by atoms with E-state index in [1.807, 2.05) is 88.9 Å². The van der Waals surface area contributed by atoms with Gasteiger partial charge in [-0.3, -0.25) is 14.9 Å². The summed E-state index contributed by atoms with van der Waals surface area (Å²) in [6.45, 7) is 26.0. The lowest BCUT2D eigenvalue weighted by Gasteiger charge is -2.31. The van der Waals surface area contributed by atoms with Crippen molar-refractivity contribution in [1.82, 2.24) is 10.9 Å². The highest BCUT2D eigenvalue weighted by atomic mass is 35.5. The number of hydrogen-bond donors (Lipinski definition) is 4. The Labute approximate surface area is 726 Å². The summed E-state index contributed by atoms with van der Waals surface area (Å²) in [5.74, 6) is -6.56. The Morgan fingerprint density at radius 2 is 1.19 bits per heavy atom. The standard InChI is InChI=1S/C31H28Cl2N4O7S3.C21H20ClN3O8S4.C20H26N6O2S.3C2H4/c1-19(31(40)41)36(23-7-3-20(17-38)4-8-23)16-28(39)34-18-37-25-14-22(33)6-10-27(25)46-30(37)15-29-35(11-2-12-47(42,43)44)24-13-21(32)5-9-26(24)45-29;1-12(21(26)27)23(2)14-4-6-18-16(8-14)25(11-37(31,32)33)20(35-18)9-19-24(10-36(28,29)30)15-7-13(22)3-5-17(15)34-19;1-14-6-3-7-15(2)19(14)25(13-18(27)28)11-5-10-21-16-8-4-9-17(12-16)26-20(29)22-23-24-26;3*1-2/h3-10,13-15,17,19H,2,11-12,16,18H2,1H3,(H2-,34,39,40,41,42,43,44);3-9,12H,10-11H2,1-2H3,(H2-,26,27,28,29,30,31,32,33);3-4,6-9,12,20-21,29H,5,10-11,13H2,1-2H3,(H,22,24)(H,27,28);3*1-2H2/p-4. The quantitative estimate of drug-likeness (QED) is 0.00812. The molecule has 3 unspecified atom stereocenters. The number of rotatable bonds is 30. The third-order valence-corrected chi connectivity index (χ3v) is 25.0. The van der Waals surface area contributed by atoms with Gasteiger partial charge >= 0.3 is 0 Å². The summed E-state index contributed by atoms with van der Waals surface area (Å²) in [6.07, 6.45) is 4.94. The molecule has 3 N–H and O–H groups in total. The van der Waals surface area contributed by atoms with Crippen molar-refractivity contribution >= 4 is 226 Å². The summed E-state index contributed by atoms with van der Waals surface area (Å²) in [6, 6.07) is 38.3. The van der Waals surface area contributed by atoms with Crippen molar-refractivity contribution in [1.29, 1.82) is 0 Å². The van der Waals surface area contributed by atoms with Crippen molar-refractivity contribution in [3.8, 4) is 0 Å². The number of carboxylic acids is 3. The van der Waals surface area contributed by atoms with Gasteiger partial charge in [0.15, 0.2) is 10.1 Å². The zero-order chi connectivity index (χ0) is 88.0. The maximum Gasteiger partial charge on any atom is 0.267 e. The van der Waals surface area contributed by atoms with Gasteiger partial charge in [0.25, 0.3) is 10.0 Å².